The standard InChI is InChI=1S/C11H11N3O.C2H6/c1-8-11(9(2)15)13-14(12-8)10-6-4-3-5-7-10;1-2/h3-7,15H,2H2,1H3;1-2H3. The van der Waals surface area contributed by atoms with Crippen LogP contribution in [0.25, 0.3) is 11.4 Å². The zero-order valence-corrected chi connectivity index (χ0v) is 10.4. The highest BCUT2D eigenvalue weighted by molar-refractivity contribution is 5.53. The van der Waals surface area contributed by atoms with E-state index < -0.39 is 0 Å². The molecule has 17 heavy (non-hydrogen) atoms. The minimum Gasteiger partial charge on any atom is -0.506 e. The predicted molar refractivity (Wildman–Crippen MR) is 69.1 cm³/mol. The summed E-state index contributed by atoms with van der Waals surface area (Å²) in [4.78, 5) is 1.48. The summed E-state index contributed by atoms with van der Waals surface area (Å²) in [5.41, 5.74) is 1.94. The van der Waals surface area contributed by atoms with Crippen molar-refractivity contribution in [2.24, 2.45) is 0 Å². The molecule has 0 bridgehead atoms. The number of nitrogens with zero attached hydrogens (tertiary/aromatic N) is 3. The van der Waals surface area contributed by atoms with Crippen LogP contribution in [0.15, 0.2) is 36.9 Å². The van der Waals surface area contributed by atoms with Gasteiger partial charge >= 0.3 is 0 Å². The van der Waals surface area contributed by atoms with Crippen LogP contribution in [0.1, 0.15) is 25.2 Å². The fourth-order valence-electron chi connectivity index (χ4n) is 1.32. The molecule has 0 fully saturated rings. The minimum atomic E-state index is -0.0605. The van der Waals surface area contributed by atoms with Gasteiger partial charge < -0.3 is 5.11 Å². The molecule has 0 saturated heterocycles. The predicted octanol–water partition coefficient (Wildman–Crippen LogP) is 3.13. The van der Waals surface area contributed by atoms with Gasteiger partial charge in [0.15, 0.2) is 0 Å². The second-order valence-corrected chi connectivity index (χ2v) is 3.21. The molecule has 0 aliphatic carbocycles. The molecule has 0 unspecified atom stereocenters. The van der Waals surface area contributed by atoms with Gasteiger partial charge in [0.2, 0.25) is 0 Å². The summed E-state index contributed by atoms with van der Waals surface area (Å²) < 4.78 is 0. The average Bonchev–Trinajstić information content (AvgIpc) is 2.75. The van der Waals surface area contributed by atoms with E-state index in [1.807, 2.05) is 44.2 Å². The summed E-state index contributed by atoms with van der Waals surface area (Å²) in [6.07, 6.45) is 0. The van der Waals surface area contributed by atoms with Gasteiger partial charge in [0, 0.05) is 0 Å². The van der Waals surface area contributed by atoms with E-state index in [0.717, 1.165) is 5.69 Å². The SMILES string of the molecule is C=C(O)c1nn(-c2ccccc2)nc1C.CC. The summed E-state index contributed by atoms with van der Waals surface area (Å²) in [6, 6.07) is 9.52. The van der Waals surface area contributed by atoms with E-state index in [1.165, 1.54) is 4.80 Å². The zero-order valence-electron chi connectivity index (χ0n) is 10.4. The number of hydrogen-bond donors (Lipinski definition) is 1. The van der Waals surface area contributed by atoms with E-state index in [4.69, 9.17) is 0 Å². The van der Waals surface area contributed by atoms with Crippen LogP contribution in [0.3, 0.4) is 0 Å². The number of para-hydroxylation sites is 1. The lowest BCUT2D eigenvalue weighted by Crippen LogP contribution is -1.98. The van der Waals surface area contributed by atoms with Crippen LogP contribution in [-0.2, 0) is 0 Å². The topological polar surface area (TPSA) is 50.9 Å². The fourth-order valence-corrected chi connectivity index (χ4v) is 1.32. The lowest BCUT2D eigenvalue weighted by atomic mass is 10.3. The van der Waals surface area contributed by atoms with Crippen molar-refractivity contribution in [3.05, 3.63) is 48.3 Å². The maximum atomic E-state index is 9.25. The lowest BCUT2D eigenvalue weighted by molar-refractivity contribution is 0.509. The zero-order chi connectivity index (χ0) is 12.8. The number of benzene rings is 1. The van der Waals surface area contributed by atoms with Gasteiger partial charge in [0.25, 0.3) is 0 Å². The molecule has 1 aromatic heterocycles. The van der Waals surface area contributed by atoms with E-state index in [-0.39, 0.29) is 5.76 Å². The Labute approximate surface area is 101 Å². The third-order valence-corrected chi connectivity index (χ3v) is 2.04. The van der Waals surface area contributed by atoms with Gasteiger partial charge in [-0.05, 0) is 19.1 Å². The summed E-state index contributed by atoms with van der Waals surface area (Å²) >= 11 is 0. The van der Waals surface area contributed by atoms with Crippen molar-refractivity contribution in [2.45, 2.75) is 20.8 Å². The molecule has 0 aliphatic heterocycles. The largest absolute Gasteiger partial charge is 0.506 e. The Morgan fingerprint density at radius 1 is 1.18 bits per heavy atom. The molecule has 0 radical (unpaired) electrons. The third-order valence-electron chi connectivity index (χ3n) is 2.04. The Bertz CT molecular complexity index is 489. The summed E-state index contributed by atoms with van der Waals surface area (Å²) in [5.74, 6) is -0.0605. The van der Waals surface area contributed by atoms with E-state index in [2.05, 4.69) is 16.8 Å². The molecule has 4 nitrogen and oxygen atoms in total. The van der Waals surface area contributed by atoms with Gasteiger partial charge in [-0.15, -0.1) is 5.10 Å². The smallest absolute Gasteiger partial charge is 0.150 e. The van der Waals surface area contributed by atoms with Gasteiger partial charge in [-0.1, -0.05) is 38.6 Å². The highest BCUT2D eigenvalue weighted by Gasteiger charge is 2.09. The number of aromatic nitrogens is 3. The number of aryl methyl sites for hydroxylation is 1. The highest BCUT2D eigenvalue weighted by atomic mass is 16.3. The van der Waals surface area contributed by atoms with Gasteiger partial charge in [-0.25, -0.2) is 0 Å². The van der Waals surface area contributed by atoms with Crippen molar-refractivity contribution in [1.29, 1.82) is 0 Å². The van der Waals surface area contributed by atoms with Crippen molar-refractivity contribution < 1.29 is 5.11 Å². The van der Waals surface area contributed by atoms with Crippen molar-refractivity contribution >= 4 is 5.76 Å². The maximum absolute atomic E-state index is 9.25. The first kappa shape index (κ1) is 13.0. The van der Waals surface area contributed by atoms with Gasteiger partial charge in [0.1, 0.15) is 11.5 Å². The second kappa shape index (κ2) is 5.84. The van der Waals surface area contributed by atoms with Crippen molar-refractivity contribution in [3.63, 3.8) is 0 Å². The molecular weight excluding hydrogens is 214 g/mol. The summed E-state index contributed by atoms with van der Waals surface area (Å²) in [7, 11) is 0. The highest BCUT2D eigenvalue weighted by Crippen LogP contribution is 2.12. The molecule has 0 saturated carbocycles. The Morgan fingerprint density at radius 2 is 1.76 bits per heavy atom. The molecule has 1 N–H and O–H groups in total. The maximum Gasteiger partial charge on any atom is 0.150 e. The van der Waals surface area contributed by atoms with Gasteiger partial charge in [0.05, 0.1) is 11.4 Å². The van der Waals surface area contributed by atoms with E-state index in [9.17, 15) is 5.11 Å². The van der Waals surface area contributed by atoms with E-state index in [1.54, 1.807) is 6.92 Å². The van der Waals surface area contributed by atoms with E-state index in [0.29, 0.717) is 11.4 Å². The molecule has 0 aliphatic rings. The molecule has 0 atom stereocenters. The first-order chi connectivity index (χ1) is 8.18. The molecule has 0 amide bonds. The lowest BCUT2D eigenvalue weighted by Gasteiger charge is -1.96. The van der Waals surface area contributed by atoms with Gasteiger partial charge in [-0.3, -0.25) is 0 Å². The van der Waals surface area contributed by atoms with Crippen LogP contribution in [0, 0.1) is 6.92 Å². The number of hydrogen-bond acceptors (Lipinski definition) is 3. The molecule has 90 valence electrons. The van der Waals surface area contributed by atoms with Crippen LogP contribution in [-0.4, -0.2) is 20.1 Å². The van der Waals surface area contributed by atoms with Crippen LogP contribution in [0.5, 0.6) is 0 Å². The molecule has 0 spiro atoms. The van der Waals surface area contributed by atoms with Crippen LogP contribution >= 0.6 is 0 Å². The molecule has 2 rings (SSSR count). The van der Waals surface area contributed by atoms with Crippen molar-refractivity contribution in [2.75, 3.05) is 0 Å². The number of aliphatic hydroxyl groups excluding tert-OH is 1. The quantitative estimate of drug-likeness (QED) is 0.808. The second-order valence-electron chi connectivity index (χ2n) is 3.21. The Hall–Kier alpha value is -2.10. The first-order valence-electron chi connectivity index (χ1n) is 5.56. The third kappa shape index (κ3) is 2.93. The Balaban J connectivity index is 0.000000686. The number of aliphatic hydroxyl groups is 1. The minimum absolute atomic E-state index is 0.0605. The molecule has 1 heterocycles. The molecule has 4 heteroatoms. The molecule has 2 aromatic rings. The molecular formula is C13H17N3O. The average molecular weight is 231 g/mol. The fraction of sp³-hybridized carbons (Fsp3) is 0.231. The van der Waals surface area contributed by atoms with Gasteiger partial charge in [-0.2, -0.15) is 9.90 Å². The summed E-state index contributed by atoms with van der Waals surface area (Å²) in [5, 5.41) is 17.6. The molecule has 1 aromatic carbocycles. The monoisotopic (exact) mass is 231 g/mol. The number of rotatable bonds is 2. The van der Waals surface area contributed by atoms with Crippen molar-refractivity contribution in [1.82, 2.24) is 15.0 Å². The Morgan fingerprint density at radius 3 is 2.24 bits per heavy atom. The summed E-state index contributed by atoms with van der Waals surface area (Å²) in [6.45, 7) is 9.21. The van der Waals surface area contributed by atoms with Crippen molar-refractivity contribution in [3.8, 4) is 5.69 Å². The normalized spacial score (nSPS) is 9.35. The van der Waals surface area contributed by atoms with Crippen LogP contribution in [0.2, 0.25) is 0 Å². The van der Waals surface area contributed by atoms with Crippen LogP contribution < -0.4 is 0 Å². The van der Waals surface area contributed by atoms with E-state index >= 15 is 0 Å². The first-order valence-corrected chi connectivity index (χ1v) is 5.56. The Kier molecular flexibility index (Phi) is 4.46. The van der Waals surface area contributed by atoms with Crippen LogP contribution in [0.4, 0.5) is 0 Å².